The third-order valence-corrected chi connectivity index (χ3v) is 5.92. The average Bonchev–Trinajstić information content (AvgIpc) is 3.61. The number of hydrogen-bond acceptors (Lipinski definition) is 5. The minimum absolute atomic E-state index is 0.200. The lowest BCUT2D eigenvalue weighted by atomic mass is 10.0. The lowest BCUT2D eigenvalue weighted by molar-refractivity contribution is 0.0695. The van der Waals surface area contributed by atoms with Crippen LogP contribution in [0.2, 0.25) is 0 Å². The van der Waals surface area contributed by atoms with Gasteiger partial charge in [-0.05, 0) is 68.1 Å². The van der Waals surface area contributed by atoms with E-state index in [1.54, 1.807) is 18.3 Å². The van der Waals surface area contributed by atoms with Gasteiger partial charge in [0, 0.05) is 35.1 Å². The number of nitrogens with one attached hydrogen (secondary N) is 1. The molecule has 7 nitrogen and oxygen atoms in total. The monoisotopic (exact) mass is 426 g/mol. The second-order valence-corrected chi connectivity index (χ2v) is 8.24. The first-order valence-electron chi connectivity index (χ1n) is 10.5. The van der Waals surface area contributed by atoms with E-state index in [0.717, 1.165) is 29.8 Å². The third kappa shape index (κ3) is 3.62. The van der Waals surface area contributed by atoms with Crippen LogP contribution in [0.3, 0.4) is 0 Å². The van der Waals surface area contributed by atoms with Crippen LogP contribution in [-0.2, 0) is 0 Å². The molecule has 0 aliphatic heterocycles. The summed E-state index contributed by atoms with van der Waals surface area (Å²) in [5.74, 6) is -0.757. The number of rotatable bonds is 5. The molecule has 1 aliphatic rings. The number of nitrogens with zero attached hydrogens (tertiary/aromatic N) is 3. The molecule has 2 aromatic carbocycles. The van der Waals surface area contributed by atoms with Crippen LogP contribution in [0, 0.1) is 13.8 Å². The molecule has 2 heterocycles. The number of pyridine rings is 1. The molecule has 1 fully saturated rings. The summed E-state index contributed by atoms with van der Waals surface area (Å²) in [5.41, 5.74) is 5.02. The molecule has 32 heavy (non-hydrogen) atoms. The number of aromatic carboxylic acids is 1. The van der Waals surface area contributed by atoms with Crippen molar-refractivity contribution >= 4 is 28.5 Å². The van der Waals surface area contributed by atoms with Crippen molar-refractivity contribution < 1.29 is 9.90 Å². The third-order valence-electron chi connectivity index (χ3n) is 5.92. The molecule has 2 aromatic heterocycles. The van der Waals surface area contributed by atoms with E-state index in [1.807, 2.05) is 22.8 Å². The summed E-state index contributed by atoms with van der Waals surface area (Å²) in [5, 5.41) is 13.0. The summed E-state index contributed by atoms with van der Waals surface area (Å²) in [6.45, 7) is 4.15. The molecule has 4 aromatic rings. The minimum Gasteiger partial charge on any atom is -0.477 e. The fourth-order valence-corrected chi connectivity index (χ4v) is 3.84. The molecule has 0 unspecified atom stereocenters. The number of aromatic nitrogens is 3. The number of fused-ring (bicyclic) bond motifs is 1. The highest BCUT2D eigenvalue weighted by Crippen LogP contribution is 2.37. The molecule has 0 spiro atoms. The van der Waals surface area contributed by atoms with Crippen LogP contribution in [0.25, 0.3) is 22.2 Å². The fraction of sp³-hybridized carbons (Fsp3) is 0.200. The van der Waals surface area contributed by atoms with Crippen LogP contribution >= 0.6 is 0 Å². The maximum atomic E-state index is 12.6. The lowest BCUT2D eigenvalue weighted by Gasteiger charge is -2.13. The van der Waals surface area contributed by atoms with E-state index in [1.165, 1.54) is 17.3 Å². The van der Waals surface area contributed by atoms with Crippen LogP contribution < -0.4 is 10.7 Å². The Hall–Kier alpha value is -4.00. The zero-order chi connectivity index (χ0) is 22.4. The van der Waals surface area contributed by atoms with E-state index in [0.29, 0.717) is 16.9 Å². The van der Waals surface area contributed by atoms with Crippen molar-refractivity contribution in [3.63, 3.8) is 0 Å². The Morgan fingerprint density at radius 2 is 1.91 bits per heavy atom. The molecular weight excluding hydrogens is 404 g/mol. The zero-order valence-electron chi connectivity index (χ0n) is 17.8. The number of carboxylic acid groups (broad SMARTS) is 1. The normalized spacial score (nSPS) is 13.3. The van der Waals surface area contributed by atoms with Gasteiger partial charge in [-0.25, -0.2) is 14.8 Å². The molecular formula is C25H22N4O3. The van der Waals surface area contributed by atoms with Gasteiger partial charge in [0.25, 0.3) is 0 Å². The second-order valence-electron chi connectivity index (χ2n) is 8.24. The van der Waals surface area contributed by atoms with Crippen LogP contribution in [0.1, 0.15) is 40.4 Å². The predicted octanol–water partition coefficient (Wildman–Crippen LogP) is 4.85. The van der Waals surface area contributed by atoms with Gasteiger partial charge in [-0.2, -0.15) is 0 Å². The van der Waals surface area contributed by atoms with Crippen molar-refractivity contribution in [1.29, 1.82) is 0 Å². The molecule has 2 N–H and O–H groups in total. The second kappa shape index (κ2) is 7.60. The molecule has 1 saturated carbocycles. The van der Waals surface area contributed by atoms with E-state index in [4.69, 9.17) is 0 Å². The molecule has 160 valence electrons. The van der Waals surface area contributed by atoms with Gasteiger partial charge in [-0.3, -0.25) is 4.79 Å². The number of hydrogen-bond donors (Lipinski definition) is 2. The number of anilines is 2. The quantitative estimate of drug-likeness (QED) is 0.473. The Morgan fingerprint density at radius 1 is 1.09 bits per heavy atom. The van der Waals surface area contributed by atoms with E-state index >= 15 is 0 Å². The molecule has 7 heteroatoms. The topological polar surface area (TPSA) is 97.1 Å². The van der Waals surface area contributed by atoms with Crippen molar-refractivity contribution in [2.24, 2.45) is 0 Å². The highest BCUT2D eigenvalue weighted by molar-refractivity contribution is 5.93. The average molecular weight is 426 g/mol. The van der Waals surface area contributed by atoms with Gasteiger partial charge in [0.05, 0.1) is 11.2 Å². The van der Waals surface area contributed by atoms with E-state index < -0.39 is 11.4 Å². The Bertz CT molecular complexity index is 1440. The summed E-state index contributed by atoms with van der Waals surface area (Å²) in [6, 6.07) is 13.6. The van der Waals surface area contributed by atoms with Crippen molar-refractivity contribution in [3.05, 3.63) is 81.8 Å². The Labute approximate surface area is 184 Å². The van der Waals surface area contributed by atoms with Gasteiger partial charge in [0.1, 0.15) is 5.56 Å². The van der Waals surface area contributed by atoms with Gasteiger partial charge in [-0.1, -0.05) is 12.1 Å². The van der Waals surface area contributed by atoms with E-state index in [2.05, 4.69) is 41.3 Å². The maximum Gasteiger partial charge on any atom is 0.341 e. The zero-order valence-corrected chi connectivity index (χ0v) is 17.8. The molecule has 0 atom stereocenters. The largest absolute Gasteiger partial charge is 0.477 e. The summed E-state index contributed by atoms with van der Waals surface area (Å²) in [7, 11) is 0. The summed E-state index contributed by atoms with van der Waals surface area (Å²) >= 11 is 0. The lowest BCUT2D eigenvalue weighted by Crippen LogP contribution is -2.18. The first-order valence-corrected chi connectivity index (χ1v) is 10.5. The highest BCUT2D eigenvalue weighted by atomic mass is 16.4. The smallest absolute Gasteiger partial charge is 0.341 e. The fourth-order valence-electron chi connectivity index (χ4n) is 3.84. The van der Waals surface area contributed by atoms with Crippen molar-refractivity contribution in [3.8, 4) is 11.3 Å². The molecule has 0 saturated heterocycles. The van der Waals surface area contributed by atoms with Crippen LogP contribution in [0.4, 0.5) is 11.6 Å². The predicted molar refractivity (Wildman–Crippen MR) is 124 cm³/mol. The number of aryl methyl sites for hydroxylation is 2. The first-order chi connectivity index (χ1) is 15.4. The standard InChI is InChI=1S/C25H22N4O3/c1-14-3-4-16(11-15(14)2)21-9-10-26-25(28-21)27-17-5-8-19-22(12-17)29(18-6-7-18)13-20(23(19)30)24(31)32/h3-5,8-13,18H,6-7H2,1-2H3,(H,31,32)(H,26,27,28). The first kappa shape index (κ1) is 19.9. The highest BCUT2D eigenvalue weighted by Gasteiger charge is 2.26. The minimum atomic E-state index is -1.20. The van der Waals surface area contributed by atoms with Gasteiger partial charge < -0.3 is 15.0 Å². The summed E-state index contributed by atoms with van der Waals surface area (Å²) in [4.78, 5) is 33.1. The SMILES string of the molecule is Cc1ccc(-c2ccnc(Nc3ccc4c(=O)c(C(=O)O)cn(C5CC5)c4c3)n2)cc1C. The van der Waals surface area contributed by atoms with Crippen molar-refractivity contribution in [1.82, 2.24) is 14.5 Å². The molecule has 0 amide bonds. The van der Waals surface area contributed by atoms with Crippen molar-refractivity contribution in [2.75, 3.05) is 5.32 Å². The maximum absolute atomic E-state index is 12.6. The molecule has 1 aliphatic carbocycles. The van der Waals surface area contributed by atoms with E-state index in [-0.39, 0.29) is 11.6 Å². The Morgan fingerprint density at radius 3 is 2.62 bits per heavy atom. The number of carboxylic acids is 1. The molecule has 5 rings (SSSR count). The summed E-state index contributed by atoms with van der Waals surface area (Å²) in [6.07, 6.45) is 5.11. The van der Waals surface area contributed by atoms with Gasteiger partial charge in [0.2, 0.25) is 11.4 Å². The van der Waals surface area contributed by atoms with Gasteiger partial charge in [0.15, 0.2) is 0 Å². The van der Waals surface area contributed by atoms with Crippen LogP contribution in [0.5, 0.6) is 0 Å². The Kier molecular flexibility index (Phi) is 4.74. The molecule has 0 radical (unpaired) electrons. The summed E-state index contributed by atoms with van der Waals surface area (Å²) < 4.78 is 1.90. The molecule has 0 bridgehead atoms. The number of carbonyl (C=O) groups is 1. The van der Waals surface area contributed by atoms with Gasteiger partial charge >= 0.3 is 5.97 Å². The van der Waals surface area contributed by atoms with E-state index in [9.17, 15) is 14.7 Å². The van der Waals surface area contributed by atoms with Crippen LogP contribution in [0.15, 0.2) is 59.7 Å². The van der Waals surface area contributed by atoms with Crippen LogP contribution in [-0.4, -0.2) is 25.6 Å². The van der Waals surface area contributed by atoms with Crippen molar-refractivity contribution in [2.45, 2.75) is 32.7 Å². The van der Waals surface area contributed by atoms with Gasteiger partial charge in [-0.15, -0.1) is 0 Å². The number of benzene rings is 2. The Balaban J connectivity index is 1.53.